The molecule has 0 atom stereocenters. The molecule has 0 aliphatic heterocycles. The van der Waals surface area contributed by atoms with Crippen molar-refractivity contribution in [2.75, 3.05) is 0 Å². The molecule has 4 rings (SSSR count). The van der Waals surface area contributed by atoms with E-state index in [2.05, 4.69) is 0 Å². The van der Waals surface area contributed by atoms with Gasteiger partial charge < -0.3 is 15.6 Å². The third-order valence-electron chi connectivity index (χ3n) is 5.61. The Morgan fingerprint density at radius 3 is 2.08 bits per heavy atom. The van der Waals surface area contributed by atoms with E-state index in [9.17, 15) is 32.3 Å². The second-order valence-electron chi connectivity index (χ2n) is 8.14. The van der Waals surface area contributed by atoms with E-state index >= 15 is 0 Å². The maximum absolute atomic E-state index is 13.6. The molecule has 4 aromatic rings. The van der Waals surface area contributed by atoms with Crippen LogP contribution < -0.4 is 10.5 Å². The quantitative estimate of drug-likeness (QED) is 0.276. The van der Waals surface area contributed by atoms with Gasteiger partial charge in [-0.3, -0.25) is 4.79 Å². The Hall–Kier alpha value is -4.66. The van der Waals surface area contributed by atoms with Gasteiger partial charge in [0.15, 0.2) is 0 Å². The minimum absolute atomic E-state index is 0.0405. The van der Waals surface area contributed by atoms with Crippen LogP contribution >= 0.6 is 0 Å². The minimum Gasteiger partial charge on any atom is -0.488 e. The van der Waals surface area contributed by atoms with Crippen LogP contribution in [-0.4, -0.2) is 17.0 Å². The largest absolute Gasteiger partial charge is 0.488 e. The van der Waals surface area contributed by atoms with Crippen LogP contribution in [0.15, 0.2) is 84.9 Å². The molecule has 37 heavy (non-hydrogen) atoms. The number of halogens is 4. The zero-order valence-corrected chi connectivity index (χ0v) is 19.1. The molecule has 0 spiro atoms. The number of amides is 1. The summed E-state index contributed by atoms with van der Waals surface area (Å²) < 4.78 is 59.9. The van der Waals surface area contributed by atoms with Crippen molar-refractivity contribution < 1.29 is 37.0 Å². The highest BCUT2D eigenvalue weighted by molar-refractivity contribution is 5.99. The van der Waals surface area contributed by atoms with Crippen LogP contribution in [0.25, 0.3) is 22.3 Å². The molecule has 4 aromatic carbocycles. The molecule has 0 fully saturated rings. The monoisotopic (exact) mass is 509 g/mol. The van der Waals surface area contributed by atoms with Crippen molar-refractivity contribution >= 4 is 11.9 Å². The summed E-state index contributed by atoms with van der Waals surface area (Å²) in [6.45, 7) is -0.0405. The van der Waals surface area contributed by atoms with Crippen molar-refractivity contribution in [3.63, 3.8) is 0 Å². The molecule has 0 aliphatic carbocycles. The number of alkyl halides is 3. The minimum atomic E-state index is -4.64. The van der Waals surface area contributed by atoms with Crippen LogP contribution in [0.1, 0.15) is 31.8 Å². The van der Waals surface area contributed by atoms with Gasteiger partial charge in [-0.25, -0.2) is 9.18 Å². The predicted molar refractivity (Wildman–Crippen MR) is 129 cm³/mol. The van der Waals surface area contributed by atoms with E-state index < -0.39 is 29.4 Å². The first-order valence-corrected chi connectivity index (χ1v) is 10.9. The van der Waals surface area contributed by atoms with E-state index in [1.807, 2.05) is 0 Å². The summed E-state index contributed by atoms with van der Waals surface area (Å²) in [5, 5.41) is 9.49. The average Bonchev–Trinajstić information content (AvgIpc) is 2.87. The third kappa shape index (κ3) is 5.78. The Labute approximate surface area is 208 Å². The van der Waals surface area contributed by atoms with Gasteiger partial charge in [-0.15, -0.1) is 0 Å². The molecule has 0 aliphatic rings. The standard InChI is InChI=1S/C28H19F4NO4/c29-21-8-5-16(6-9-21)15-37-25-10-7-20(28(30,31)32)14-24(25)23-4-2-1-3-22(23)17-11-18(26(33)34)13-19(12-17)27(35)36/h1-14H,15H2,(H2,33,34)(H,35,36). The fraction of sp³-hybridized carbons (Fsp3) is 0.0714. The lowest BCUT2D eigenvalue weighted by Gasteiger charge is -2.18. The molecule has 5 nitrogen and oxygen atoms in total. The number of primary amides is 1. The molecule has 0 bridgehead atoms. The molecule has 3 N–H and O–H groups in total. The Bertz CT molecular complexity index is 1450. The Morgan fingerprint density at radius 1 is 0.811 bits per heavy atom. The molecular formula is C28H19F4NO4. The van der Waals surface area contributed by atoms with E-state index in [-0.39, 0.29) is 34.6 Å². The number of carbonyl (C=O) groups excluding carboxylic acids is 1. The first-order valence-electron chi connectivity index (χ1n) is 10.9. The Balaban J connectivity index is 1.87. The molecule has 0 saturated heterocycles. The summed E-state index contributed by atoms with van der Waals surface area (Å²) in [5.74, 6) is -2.48. The Kier molecular flexibility index (Phi) is 6.97. The van der Waals surface area contributed by atoms with Crippen LogP contribution in [-0.2, 0) is 12.8 Å². The summed E-state index contributed by atoms with van der Waals surface area (Å²) in [4.78, 5) is 23.5. The lowest BCUT2D eigenvalue weighted by molar-refractivity contribution is -0.137. The lowest BCUT2D eigenvalue weighted by Crippen LogP contribution is -2.12. The first kappa shape index (κ1) is 25.4. The van der Waals surface area contributed by atoms with E-state index in [0.717, 1.165) is 18.2 Å². The van der Waals surface area contributed by atoms with E-state index in [4.69, 9.17) is 10.5 Å². The highest BCUT2D eigenvalue weighted by Gasteiger charge is 2.31. The summed E-state index contributed by atoms with van der Waals surface area (Å²) in [7, 11) is 0. The lowest BCUT2D eigenvalue weighted by atomic mass is 9.91. The van der Waals surface area contributed by atoms with Crippen molar-refractivity contribution in [1.29, 1.82) is 0 Å². The van der Waals surface area contributed by atoms with Gasteiger partial charge in [0.2, 0.25) is 5.91 Å². The van der Waals surface area contributed by atoms with Gasteiger partial charge in [0.05, 0.1) is 11.1 Å². The molecule has 9 heteroatoms. The van der Waals surface area contributed by atoms with Crippen molar-refractivity contribution in [1.82, 2.24) is 0 Å². The number of carbonyl (C=O) groups is 2. The van der Waals surface area contributed by atoms with Crippen molar-refractivity contribution in [2.45, 2.75) is 12.8 Å². The van der Waals surface area contributed by atoms with Crippen LogP contribution in [0, 0.1) is 5.82 Å². The van der Waals surface area contributed by atoms with Crippen LogP contribution in [0.4, 0.5) is 17.6 Å². The molecule has 0 saturated carbocycles. The number of carboxylic acids is 1. The number of ether oxygens (including phenoxy) is 1. The van der Waals surface area contributed by atoms with Crippen LogP contribution in [0.2, 0.25) is 0 Å². The second-order valence-corrected chi connectivity index (χ2v) is 8.14. The number of nitrogens with two attached hydrogens (primary N) is 1. The maximum atomic E-state index is 13.6. The van der Waals surface area contributed by atoms with Crippen molar-refractivity contribution in [3.8, 4) is 28.0 Å². The highest BCUT2D eigenvalue weighted by atomic mass is 19.4. The van der Waals surface area contributed by atoms with E-state index in [1.54, 1.807) is 24.3 Å². The SMILES string of the molecule is NC(=O)c1cc(C(=O)O)cc(-c2ccccc2-c2cc(C(F)(F)F)ccc2OCc2ccc(F)cc2)c1. The fourth-order valence-electron chi connectivity index (χ4n) is 3.80. The summed E-state index contributed by atoms with van der Waals surface area (Å²) >= 11 is 0. The summed E-state index contributed by atoms with van der Waals surface area (Å²) in [6, 6.07) is 18.7. The number of hydrogen-bond donors (Lipinski definition) is 2. The molecule has 0 radical (unpaired) electrons. The molecule has 0 aromatic heterocycles. The van der Waals surface area contributed by atoms with Gasteiger partial charge in [0.1, 0.15) is 18.2 Å². The summed E-state index contributed by atoms with van der Waals surface area (Å²) in [6.07, 6.45) is -4.64. The second kappa shape index (κ2) is 10.1. The zero-order valence-electron chi connectivity index (χ0n) is 19.1. The topological polar surface area (TPSA) is 89.6 Å². The zero-order chi connectivity index (χ0) is 26.7. The van der Waals surface area contributed by atoms with Gasteiger partial charge >= 0.3 is 12.1 Å². The number of aromatic carboxylic acids is 1. The number of hydrogen-bond acceptors (Lipinski definition) is 3. The number of benzene rings is 4. The average molecular weight is 509 g/mol. The first-order chi connectivity index (χ1) is 17.5. The highest BCUT2D eigenvalue weighted by Crippen LogP contribution is 2.41. The van der Waals surface area contributed by atoms with Gasteiger partial charge in [0, 0.05) is 11.1 Å². The number of carboxylic acid groups (broad SMARTS) is 1. The number of rotatable bonds is 7. The van der Waals surface area contributed by atoms with Gasteiger partial charge in [-0.1, -0.05) is 36.4 Å². The van der Waals surface area contributed by atoms with Gasteiger partial charge in [0.25, 0.3) is 0 Å². The van der Waals surface area contributed by atoms with Crippen molar-refractivity contribution in [2.24, 2.45) is 5.73 Å². The van der Waals surface area contributed by atoms with E-state index in [0.29, 0.717) is 16.7 Å². The van der Waals surface area contributed by atoms with Crippen LogP contribution in [0.5, 0.6) is 5.75 Å². The molecule has 0 unspecified atom stereocenters. The summed E-state index contributed by atoms with van der Waals surface area (Å²) in [5.41, 5.74) is 5.81. The van der Waals surface area contributed by atoms with Crippen LogP contribution in [0.3, 0.4) is 0 Å². The maximum Gasteiger partial charge on any atom is 0.416 e. The Morgan fingerprint density at radius 2 is 1.46 bits per heavy atom. The predicted octanol–water partition coefficient (Wildman–Crippen LogP) is 6.55. The normalized spacial score (nSPS) is 11.2. The van der Waals surface area contributed by atoms with Crippen molar-refractivity contribution in [3.05, 3.63) is 113 Å². The van der Waals surface area contributed by atoms with E-state index in [1.165, 1.54) is 42.5 Å². The third-order valence-corrected chi connectivity index (χ3v) is 5.61. The molecular weight excluding hydrogens is 490 g/mol. The molecule has 0 heterocycles. The van der Waals surface area contributed by atoms with Gasteiger partial charge in [-0.05, 0) is 70.8 Å². The fourth-order valence-corrected chi connectivity index (χ4v) is 3.80. The smallest absolute Gasteiger partial charge is 0.416 e. The molecule has 188 valence electrons. The van der Waals surface area contributed by atoms with Gasteiger partial charge in [-0.2, -0.15) is 13.2 Å². The molecule has 1 amide bonds.